The number of ether oxygens (including phenoxy) is 2. The summed E-state index contributed by atoms with van der Waals surface area (Å²) in [6.45, 7) is 4.19. The molecule has 150 valence electrons. The number of carbonyl (C=O) groups is 1. The van der Waals surface area contributed by atoms with Gasteiger partial charge in [0.1, 0.15) is 18.0 Å². The number of fused-ring (bicyclic) bond motifs is 1. The Kier molecular flexibility index (Phi) is 5.67. The van der Waals surface area contributed by atoms with Gasteiger partial charge in [0, 0.05) is 5.56 Å². The Hall–Kier alpha value is -3.05. The number of methoxy groups -OCH3 is 2. The molecular weight excluding hydrogens is 364 g/mol. The highest BCUT2D eigenvalue weighted by Crippen LogP contribution is 2.23. The summed E-state index contributed by atoms with van der Waals surface area (Å²) in [7, 11) is 3.37. The van der Waals surface area contributed by atoms with Crippen molar-refractivity contribution < 1.29 is 19.2 Å². The molecule has 1 fully saturated rings. The van der Waals surface area contributed by atoms with E-state index in [1.807, 2.05) is 53.4 Å². The quantitative estimate of drug-likeness (QED) is 0.726. The molecule has 0 aliphatic carbocycles. The maximum absolute atomic E-state index is 13.1. The van der Waals surface area contributed by atoms with E-state index >= 15 is 0 Å². The number of rotatable bonds is 5. The van der Waals surface area contributed by atoms with Crippen LogP contribution in [0.4, 0.5) is 0 Å². The van der Waals surface area contributed by atoms with E-state index in [-0.39, 0.29) is 5.91 Å². The summed E-state index contributed by atoms with van der Waals surface area (Å²) in [6, 6.07) is 19.9. The number of nitrogens with one attached hydrogen (secondary N) is 1. The van der Waals surface area contributed by atoms with E-state index in [9.17, 15) is 4.79 Å². The third-order valence-electron chi connectivity index (χ3n) is 5.71. The second kappa shape index (κ2) is 8.53. The summed E-state index contributed by atoms with van der Waals surface area (Å²) < 4.78 is 10.9. The highest BCUT2D eigenvalue weighted by molar-refractivity contribution is 6.07. The molecule has 0 unspecified atom stereocenters. The summed E-state index contributed by atoms with van der Waals surface area (Å²) >= 11 is 0. The molecule has 1 amide bonds. The van der Waals surface area contributed by atoms with E-state index < -0.39 is 0 Å². The molecule has 3 aromatic carbocycles. The van der Waals surface area contributed by atoms with Crippen molar-refractivity contribution in [3.8, 4) is 11.5 Å². The van der Waals surface area contributed by atoms with Crippen LogP contribution >= 0.6 is 0 Å². The van der Waals surface area contributed by atoms with Crippen LogP contribution < -0.4 is 14.4 Å². The number of nitrogens with zero attached hydrogens (tertiary/aromatic N) is 1. The van der Waals surface area contributed by atoms with Gasteiger partial charge in [-0.05, 0) is 35.0 Å². The maximum Gasteiger partial charge on any atom is 0.254 e. The highest BCUT2D eigenvalue weighted by atomic mass is 16.5. The first-order valence-electron chi connectivity index (χ1n) is 10.0. The van der Waals surface area contributed by atoms with E-state index in [0.717, 1.165) is 66.1 Å². The molecule has 5 heteroatoms. The lowest BCUT2D eigenvalue weighted by Crippen LogP contribution is -3.13. The van der Waals surface area contributed by atoms with Crippen LogP contribution in [0, 0.1) is 0 Å². The zero-order valence-electron chi connectivity index (χ0n) is 17.0. The molecule has 5 nitrogen and oxygen atoms in total. The molecule has 0 saturated carbocycles. The largest absolute Gasteiger partial charge is 0.497 e. The first kappa shape index (κ1) is 19.3. The molecule has 1 heterocycles. The molecule has 0 atom stereocenters. The van der Waals surface area contributed by atoms with Gasteiger partial charge in [0.25, 0.3) is 5.91 Å². The second-order valence-electron chi connectivity index (χ2n) is 7.42. The Morgan fingerprint density at radius 2 is 1.72 bits per heavy atom. The molecule has 0 radical (unpaired) electrons. The van der Waals surface area contributed by atoms with Gasteiger partial charge in [-0.3, -0.25) is 4.79 Å². The van der Waals surface area contributed by atoms with Crippen LogP contribution in [0.25, 0.3) is 10.8 Å². The molecule has 0 spiro atoms. The second-order valence-corrected chi connectivity index (χ2v) is 7.42. The molecule has 3 aromatic rings. The van der Waals surface area contributed by atoms with Crippen LogP contribution in [-0.2, 0) is 6.54 Å². The predicted octanol–water partition coefficient (Wildman–Crippen LogP) is 2.40. The Morgan fingerprint density at radius 1 is 0.966 bits per heavy atom. The van der Waals surface area contributed by atoms with Crippen molar-refractivity contribution in [1.29, 1.82) is 0 Å². The lowest BCUT2D eigenvalue weighted by atomic mass is 10.0. The minimum atomic E-state index is 0.125. The molecule has 1 aliphatic heterocycles. The average Bonchev–Trinajstić information content (AvgIpc) is 2.78. The minimum absolute atomic E-state index is 0.125. The fourth-order valence-corrected chi connectivity index (χ4v) is 4.07. The molecule has 4 rings (SSSR count). The van der Waals surface area contributed by atoms with Crippen molar-refractivity contribution in [2.45, 2.75) is 6.54 Å². The van der Waals surface area contributed by atoms with E-state index in [0.29, 0.717) is 0 Å². The van der Waals surface area contributed by atoms with Crippen LogP contribution in [0.15, 0.2) is 60.7 Å². The van der Waals surface area contributed by atoms with Crippen LogP contribution in [0.5, 0.6) is 11.5 Å². The number of amides is 1. The Balaban J connectivity index is 1.44. The first-order chi connectivity index (χ1) is 14.2. The van der Waals surface area contributed by atoms with Crippen molar-refractivity contribution in [3.63, 3.8) is 0 Å². The fraction of sp³-hybridized carbons (Fsp3) is 0.292. The molecular formula is C24H27N2O3+. The molecule has 1 saturated heterocycles. The van der Waals surface area contributed by atoms with E-state index in [1.54, 1.807) is 14.2 Å². The summed E-state index contributed by atoms with van der Waals surface area (Å²) in [4.78, 5) is 16.6. The number of piperazine rings is 1. The number of hydrogen-bond donors (Lipinski definition) is 1. The van der Waals surface area contributed by atoms with Crippen molar-refractivity contribution in [3.05, 3.63) is 71.8 Å². The first-order valence-corrected chi connectivity index (χ1v) is 10.0. The highest BCUT2D eigenvalue weighted by Gasteiger charge is 2.26. The SMILES string of the molecule is COc1ccc(OC)c(C[NH+]2CCN(C(=O)c3cccc4ccccc34)CC2)c1. The van der Waals surface area contributed by atoms with Gasteiger partial charge in [-0.25, -0.2) is 0 Å². The summed E-state index contributed by atoms with van der Waals surface area (Å²) in [5, 5.41) is 2.13. The van der Waals surface area contributed by atoms with Crippen molar-refractivity contribution in [2.24, 2.45) is 0 Å². The van der Waals surface area contributed by atoms with Gasteiger partial charge in [0.05, 0.1) is 46.0 Å². The lowest BCUT2D eigenvalue weighted by Gasteiger charge is -2.32. The van der Waals surface area contributed by atoms with Crippen molar-refractivity contribution >= 4 is 16.7 Å². The molecule has 0 aromatic heterocycles. The van der Waals surface area contributed by atoms with Gasteiger partial charge in [-0.2, -0.15) is 0 Å². The summed E-state index contributed by atoms with van der Waals surface area (Å²) in [5.41, 5.74) is 1.93. The number of quaternary nitrogens is 1. The molecule has 1 N–H and O–H groups in total. The lowest BCUT2D eigenvalue weighted by molar-refractivity contribution is -0.917. The predicted molar refractivity (Wildman–Crippen MR) is 114 cm³/mol. The van der Waals surface area contributed by atoms with Crippen molar-refractivity contribution in [1.82, 2.24) is 4.90 Å². The van der Waals surface area contributed by atoms with Gasteiger partial charge in [0.2, 0.25) is 0 Å². The Morgan fingerprint density at radius 3 is 2.48 bits per heavy atom. The van der Waals surface area contributed by atoms with Crippen LogP contribution in [0.1, 0.15) is 15.9 Å². The molecule has 29 heavy (non-hydrogen) atoms. The molecule has 0 bridgehead atoms. The fourth-order valence-electron chi connectivity index (χ4n) is 4.07. The summed E-state index contributed by atoms with van der Waals surface area (Å²) in [5.74, 6) is 1.84. The van der Waals surface area contributed by atoms with E-state index in [4.69, 9.17) is 9.47 Å². The third kappa shape index (κ3) is 4.05. The molecule has 1 aliphatic rings. The van der Waals surface area contributed by atoms with E-state index in [1.165, 1.54) is 4.90 Å². The third-order valence-corrected chi connectivity index (χ3v) is 5.71. The van der Waals surface area contributed by atoms with Crippen LogP contribution in [0.3, 0.4) is 0 Å². The number of hydrogen-bond acceptors (Lipinski definition) is 3. The zero-order chi connectivity index (χ0) is 20.2. The zero-order valence-corrected chi connectivity index (χ0v) is 17.0. The van der Waals surface area contributed by atoms with E-state index in [2.05, 4.69) is 12.1 Å². The number of benzene rings is 3. The van der Waals surface area contributed by atoms with Gasteiger partial charge >= 0.3 is 0 Å². The maximum atomic E-state index is 13.1. The Bertz CT molecular complexity index is 1000. The van der Waals surface area contributed by atoms with Gasteiger partial charge in [-0.1, -0.05) is 36.4 Å². The smallest absolute Gasteiger partial charge is 0.254 e. The number of carbonyl (C=O) groups excluding carboxylic acids is 1. The topological polar surface area (TPSA) is 43.2 Å². The standard InChI is InChI=1S/C24H26N2O3/c1-28-20-10-11-23(29-2)19(16-20)17-25-12-14-26(15-13-25)24(27)22-9-5-7-18-6-3-4-8-21(18)22/h3-11,16H,12-15,17H2,1-2H3/p+1. The monoisotopic (exact) mass is 391 g/mol. The van der Waals surface area contributed by atoms with Crippen LogP contribution in [-0.4, -0.2) is 51.2 Å². The van der Waals surface area contributed by atoms with Gasteiger partial charge in [0.15, 0.2) is 0 Å². The van der Waals surface area contributed by atoms with Gasteiger partial charge < -0.3 is 19.3 Å². The average molecular weight is 391 g/mol. The minimum Gasteiger partial charge on any atom is -0.497 e. The normalized spacial score (nSPS) is 14.8. The van der Waals surface area contributed by atoms with Crippen molar-refractivity contribution in [2.75, 3.05) is 40.4 Å². The Labute approximate surface area is 171 Å². The van der Waals surface area contributed by atoms with Crippen LogP contribution in [0.2, 0.25) is 0 Å². The summed E-state index contributed by atoms with van der Waals surface area (Å²) in [6.07, 6.45) is 0. The van der Waals surface area contributed by atoms with Gasteiger partial charge in [-0.15, -0.1) is 0 Å².